The molecule has 1 heterocycles. The number of benzene rings is 1. The molecule has 1 saturated heterocycles. The molecule has 0 spiro atoms. The van der Waals surface area contributed by atoms with Crippen molar-refractivity contribution in [3.63, 3.8) is 0 Å². The summed E-state index contributed by atoms with van der Waals surface area (Å²) in [6.45, 7) is 0. The van der Waals surface area contributed by atoms with Crippen molar-refractivity contribution >= 4 is 29.3 Å². The van der Waals surface area contributed by atoms with Crippen LogP contribution in [0.2, 0.25) is 5.02 Å². The first-order valence-electron chi connectivity index (χ1n) is 4.60. The van der Waals surface area contributed by atoms with Crippen molar-refractivity contribution in [2.45, 2.75) is 11.4 Å². The third-order valence-corrected chi connectivity index (χ3v) is 3.96. The van der Waals surface area contributed by atoms with Gasteiger partial charge >= 0.3 is 0 Å². The fourth-order valence-electron chi connectivity index (χ4n) is 1.54. The Balaban J connectivity index is 2.07. The van der Waals surface area contributed by atoms with E-state index in [1.165, 1.54) is 0 Å². The summed E-state index contributed by atoms with van der Waals surface area (Å²) in [6, 6.07) is 7.05. The maximum absolute atomic E-state index is 10.7. The fraction of sp³-hybridized carbons (Fsp3) is 0.300. The van der Waals surface area contributed by atoms with Gasteiger partial charge in [-0.15, -0.1) is 0 Å². The minimum Gasteiger partial charge on any atom is -0.544 e. The molecule has 15 heavy (non-hydrogen) atoms. The van der Waals surface area contributed by atoms with Gasteiger partial charge in [-0.1, -0.05) is 35.5 Å². The number of halogens is 1. The Bertz CT molecular complexity index is 368. The summed E-state index contributed by atoms with van der Waals surface area (Å²) in [5.74, 6) is -0.394. The average molecular weight is 244 g/mol. The molecular weight excluding hydrogens is 234 g/mol. The Morgan fingerprint density at radius 1 is 1.47 bits per heavy atom. The zero-order valence-electron chi connectivity index (χ0n) is 7.85. The minimum atomic E-state index is -0.987. The lowest BCUT2D eigenvalue weighted by Gasteiger charge is -2.10. The van der Waals surface area contributed by atoms with E-state index in [-0.39, 0.29) is 5.37 Å². The van der Waals surface area contributed by atoms with E-state index in [9.17, 15) is 9.90 Å². The van der Waals surface area contributed by atoms with Gasteiger partial charge in [-0.3, -0.25) is 0 Å². The fourth-order valence-corrected chi connectivity index (χ4v) is 2.97. The molecular formula is C10H10ClNO2S. The smallest absolute Gasteiger partial charge is 0.159 e. The highest BCUT2D eigenvalue weighted by molar-refractivity contribution is 7.99. The average Bonchev–Trinajstić information content (AvgIpc) is 2.68. The summed E-state index contributed by atoms with van der Waals surface area (Å²) in [5.41, 5.74) is 1.09. The van der Waals surface area contributed by atoms with Gasteiger partial charge in [0.15, 0.2) is 5.37 Å². The number of thioether (sulfide) groups is 1. The second kappa shape index (κ2) is 4.43. The van der Waals surface area contributed by atoms with Gasteiger partial charge < -0.3 is 15.2 Å². The van der Waals surface area contributed by atoms with Gasteiger partial charge in [0.25, 0.3) is 0 Å². The summed E-state index contributed by atoms with van der Waals surface area (Å²) in [7, 11) is 0. The van der Waals surface area contributed by atoms with E-state index in [0.717, 1.165) is 5.56 Å². The number of hydrogen-bond acceptors (Lipinski definition) is 3. The lowest BCUT2D eigenvalue weighted by atomic mass is 10.2. The van der Waals surface area contributed by atoms with Crippen LogP contribution in [0.4, 0.5) is 0 Å². The van der Waals surface area contributed by atoms with E-state index in [1.54, 1.807) is 11.8 Å². The van der Waals surface area contributed by atoms with Crippen LogP contribution in [0.25, 0.3) is 0 Å². The number of carboxylic acids is 1. The molecule has 0 aliphatic carbocycles. The molecule has 1 aliphatic heterocycles. The van der Waals surface area contributed by atoms with Crippen LogP contribution in [0, 0.1) is 0 Å². The molecule has 2 N–H and O–H groups in total. The highest BCUT2D eigenvalue weighted by Crippen LogP contribution is 2.27. The van der Waals surface area contributed by atoms with Crippen LogP contribution in [-0.4, -0.2) is 17.8 Å². The number of rotatable bonds is 2. The molecule has 5 heteroatoms. The Hall–Kier alpha value is -0.710. The summed E-state index contributed by atoms with van der Waals surface area (Å²) in [4.78, 5) is 10.7. The van der Waals surface area contributed by atoms with Gasteiger partial charge in [-0.05, 0) is 12.1 Å². The molecule has 0 unspecified atom stereocenters. The van der Waals surface area contributed by atoms with Gasteiger partial charge in [0.2, 0.25) is 0 Å². The second-order valence-corrected chi connectivity index (χ2v) is 5.03. The van der Waals surface area contributed by atoms with Gasteiger partial charge in [-0.25, -0.2) is 0 Å². The monoisotopic (exact) mass is 243 g/mol. The number of hydrogen-bond donors (Lipinski definition) is 1. The number of nitrogens with two attached hydrogens (primary N) is 1. The minimum absolute atomic E-state index is 0.144. The molecule has 3 nitrogen and oxygen atoms in total. The first-order valence-corrected chi connectivity index (χ1v) is 6.02. The van der Waals surface area contributed by atoms with E-state index in [2.05, 4.69) is 0 Å². The van der Waals surface area contributed by atoms with Gasteiger partial charge in [0, 0.05) is 10.6 Å². The summed E-state index contributed by atoms with van der Waals surface area (Å²) >= 11 is 7.39. The highest BCUT2D eigenvalue weighted by Gasteiger charge is 2.30. The summed E-state index contributed by atoms with van der Waals surface area (Å²) < 4.78 is 0. The highest BCUT2D eigenvalue weighted by atomic mass is 35.5. The molecule has 0 saturated carbocycles. The van der Waals surface area contributed by atoms with Crippen molar-refractivity contribution < 1.29 is 15.2 Å². The standard InChI is InChI=1S/C10H10ClNO2S/c11-7-3-1-6(2-4-7)9-12-8(5-15-9)10(13)14/h1-4,8-9,12H,5H2,(H,13,14)/t8-,9-/m0/s1. The van der Waals surface area contributed by atoms with Crippen molar-refractivity contribution in [1.82, 2.24) is 0 Å². The quantitative estimate of drug-likeness (QED) is 0.781. The number of carbonyl (C=O) groups is 1. The van der Waals surface area contributed by atoms with E-state index < -0.39 is 12.0 Å². The molecule has 2 rings (SSSR count). The molecule has 0 bridgehead atoms. The predicted octanol–water partition coefficient (Wildman–Crippen LogP) is -0.233. The summed E-state index contributed by atoms with van der Waals surface area (Å²) in [5, 5.41) is 13.3. The third kappa shape index (κ3) is 2.45. The zero-order chi connectivity index (χ0) is 10.8. The lowest BCUT2D eigenvalue weighted by molar-refractivity contribution is -0.690. The molecule has 2 atom stereocenters. The maximum atomic E-state index is 10.7. The Morgan fingerprint density at radius 3 is 2.67 bits per heavy atom. The lowest BCUT2D eigenvalue weighted by Crippen LogP contribution is -2.90. The van der Waals surface area contributed by atoms with Crippen molar-refractivity contribution in [2.75, 3.05) is 5.75 Å². The molecule has 1 aliphatic rings. The van der Waals surface area contributed by atoms with Crippen molar-refractivity contribution in [2.24, 2.45) is 0 Å². The Morgan fingerprint density at radius 2 is 2.13 bits per heavy atom. The molecule has 1 aromatic rings. The van der Waals surface area contributed by atoms with Crippen LogP contribution < -0.4 is 10.4 Å². The maximum Gasteiger partial charge on any atom is 0.159 e. The normalized spacial score (nSPS) is 25.4. The first kappa shape index (κ1) is 10.8. The van der Waals surface area contributed by atoms with E-state index in [0.29, 0.717) is 10.8 Å². The van der Waals surface area contributed by atoms with Crippen LogP contribution in [0.1, 0.15) is 10.9 Å². The molecule has 1 aromatic carbocycles. The van der Waals surface area contributed by atoms with Crippen molar-refractivity contribution in [1.29, 1.82) is 0 Å². The van der Waals surface area contributed by atoms with Gasteiger partial charge in [-0.2, -0.15) is 0 Å². The van der Waals surface area contributed by atoms with Gasteiger partial charge in [0.05, 0.1) is 5.75 Å². The largest absolute Gasteiger partial charge is 0.544 e. The molecule has 1 fully saturated rings. The Labute approximate surface area is 96.8 Å². The molecule has 0 radical (unpaired) electrons. The summed E-state index contributed by atoms with van der Waals surface area (Å²) in [6.07, 6.45) is 0. The van der Waals surface area contributed by atoms with Crippen LogP contribution in [0.15, 0.2) is 24.3 Å². The molecule has 80 valence electrons. The molecule has 0 aromatic heterocycles. The second-order valence-electron chi connectivity index (χ2n) is 3.42. The predicted molar refractivity (Wildman–Crippen MR) is 57.4 cm³/mol. The van der Waals surface area contributed by atoms with Gasteiger partial charge in [0.1, 0.15) is 12.0 Å². The first-order chi connectivity index (χ1) is 7.16. The number of carbonyl (C=O) groups excluding carboxylic acids is 1. The molecule has 0 amide bonds. The van der Waals surface area contributed by atoms with Crippen LogP contribution in [-0.2, 0) is 4.79 Å². The number of aliphatic carboxylic acids is 1. The number of quaternary nitrogens is 1. The zero-order valence-corrected chi connectivity index (χ0v) is 9.42. The van der Waals surface area contributed by atoms with Crippen LogP contribution in [0.3, 0.4) is 0 Å². The van der Waals surface area contributed by atoms with Crippen molar-refractivity contribution in [3.05, 3.63) is 34.9 Å². The Kier molecular flexibility index (Phi) is 3.19. The topological polar surface area (TPSA) is 56.7 Å². The van der Waals surface area contributed by atoms with Crippen molar-refractivity contribution in [3.8, 4) is 0 Å². The SMILES string of the molecule is O=C([O-])[C@@H]1CS[C@@H](c2ccc(Cl)cc2)[NH2+]1. The van der Waals surface area contributed by atoms with E-state index >= 15 is 0 Å². The van der Waals surface area contributed by atoms with Crippen LogP contribution in [0.5, 0.6) is 0 Å². The van der Waals surface area contributed by atoms with E-state index in [1.807, 2.05) is 29.6 Å². The number of carboxylic acid groups (broad SMARTS) is 1. The third-order valence-electron chi connectivity index (χ3n) is 2.36. The van der Waals surface area contributed by atoms with Crippen LogP contribution >= 0.6 is 23.4 Å². The van der Waals surface area contributed by atoms with E-state index in [4.69, 9.17) is 11.6 Å².